The van der Waals surface area contributed by atoms with Crippen LogP contribution in [-0.4, -0.2) is 30.4 Å². The SMILES string of the molecule is CCCN(Cl)S(=O)(=O)CCCl. The third-order valence-corrected chi connectivity index (χ3v) is 3.76. The summed E-state index contributed by atoms with van der Waals surface area (Å²) in [5.74, 6) is -0.0205. The van der Waals surface area contributed by atoms with E-state index in [0.29, 0.717) is 13.0 Å². The summed E-state index contributed by atoms with van der Waals surface area (Å²) >= 11 is 10.7. The molecule has 0 aliphatic rings. The molecule has 0 aromatic carbocycles. The molecule has 0 atom stereocenters. The van der Waals surface area contributed by atoms with E-state index in [2.05, 4.69) is 0 Å². The molecule has 0 spiro atoms. The average Bonchev–Trinajstić information content (AvgIpc) is 1.88. The van der Waals surface area contributed by atoms with Gasteiger partial charge in [-0.05, 0) is 18.2 Å². The van der Waals surface area contributed by atoms with Crippen molar-refractivity contribution in [2.45, 2.75) is 13.3 Å². The van der Waals surface area contributed by atoms with Gasteiger partial charge in [-0.2, -0.15) is 0 Å². The smallest absolute Gasteiger partial charge is 0.211 e. The second-order valence-electron chi connectivity index (χ2n) is 2.02. The van der Waals surface area contributed by atoms with E-state index < -0.39 is 10.0 Å². The fourth-order valence-corrected chi connectivity index (χ4v) is 2.33. The second-order valence-corrected chi connectivity index (χ2v) is 5.02. The Morgan fingerprint density at radius 3 is 2.36 bits per heavy atom. The molecule has 0 fully saturated rings. The lowest BCUT2D eigenvalue weighted by atomic mass is 10.5. The Balaban J connectivity index is 4.07. The molecule has 0 radical (unpaired) electrons. The molecule has 3 nitrogen and oxygen atoms in total. The summed E-state index contributed by atoms with van der Waals surface area (Å²) < 4.78 is 22.9. The predicted molar refractivity (Wildman–Crippen MR) is 47.4 cm³/mol. The van der Waals surface area contributed by atoms with E-state index in [0.717, 1.165) is 3.82 Å². The number of hydrogen-bond acceptors (Lipinski definition) is 2. The summed E-state index contributed by atoms with van der Waals surface area (Å²) in [5, 5.41) is 0. The number of halogens is 2. The molecule has 0 aliphatic heterocycles. The lowest BCUT2D eigenvalue weighted by molar-refractivity contribution is 0.535. The fourth-order valence-electron chi connectivity index (χ4n) is 0.511. The Bertz CT molecular complexity index is 193. The highest BCUT2D eigenvalue weighted by molar-refractivity contribution is 7.90. The lowest BCUT2D eigenvalue weighted by Crippen LogP contribution is -2.25. The van der Waals surface area contributed by atoms with Crippen LogP contribution in [0.4, 0.5) is 0 Å². The molecule has 0 saturated carbocycles. The van der Waals surface area contributed by atoms with Crippen molar-refractivity contribution in [2.24, 2.45) is 0 Å². The molecule has 0 bridgehead atoms. The van der Waals surface area contributed by atoms with E-state index in [4.69, 9.17) is 23.4 Å². The van der Waals surface area contributed by atoms with Crippen molar-refractivity contribution in [2.75, 3.05) is 18.2 Å². The lowest BCUT2D eigenvalue weighted by Gasteiger charge is -2.11. The van der Waals surface area contributed by atoms with Gasteiger partial charge >= 0.3 is 0 Å². The molecular formula is C5H11Cl2NO2S. The molecule has 6 heteroatoms. The first-order valence-electron chi connectivity index (χ1n) is 3.26. The van der Waals surface area contributed by atoms with E-state index in [1.165, 1.54) is 0 Å². The van der Waals surface area contributed by atoms with Crippen LogP contribution < -0.4 is 0 Å². The molecule has 0 N–H and O–H groups in total. The number of sulfonamides is 1. The van der Waals surface area contributed by atoms with Crippen LogP contribution >= 0.6 is 23.4 Å². The standard InChI is InChI=1S/C5H11Cl2NO2S/c1-2-4-8(7)11(9,10)5-3-6/h2-5H2,1H3. The molecule has 0 aliphatic carbocycles. The van der Waals surface area contributed by atoms with E-state index in [-0.39, 0.29) is 11.6 Å². The van der Waals surface area contributed by atoms with Crippen LogP contribution in [0.25, 0.3) is 0 Å². The first kappa shape index (κ1) is 11.5. The largest absolute Gasteiger partial charge is 0.228 e. The maximum Gasteiger partial charge on any atom is 0.228 e. The van der Waals surface area contributed by atoms with Gasteiger partial charge in [0.15, 0.2) is 0 Å². The highest BCUT2D eigenvalue weighted by atomic mass is 35.5. The molecule has 0 aromatic rings. The maximum atomic E-state index is 11.0. The molecule has 0 rings (SSSR count). The van der Waals surface area contributed by atoms with Crippen molar-refractivity contribution in [3.63, 3.8) is 0 Å². The summed E-state index contributed by atoms with van der Waals surface area (Å²) in [4.78, 5) is 0. The molecule has 11 heavy (non-hydrogen) atoms. The van der Waals surface area contributed by atoms with Crippen molar-refractivity contribution in [1.29, 1.82) is 0 Å². The number of nitrogens with zero attached hydrogens (tertiary/aromatic N) is 1. The quantitative estimate of drug-likeness (QED) is 0.519. The van der Waals surface area contributed by atoms with Crippen molar-refractivity contribution >= 4 is 33.4 Å². The number of hydrogen-bond donors (Lipinski definition) is 0. The van der Waals surface area contributed by atoms with E-state index in [1.54, 1.807) is 0 Å². The Labute approximate surface area is 77.4 Å². The maximum absolute atomic E-state index is 11.0. The topological polar surface area (TPSA) is 37.4 Å². The van der Waals surface area contributed by atoms with Crippen LogP contribution in [0.15, 0.2) is 0 Å². The Morgan fingerprint density at radius 2 is 2.00 bits per heavy atom. The van der Waals surface area contributed by atoms with Gasteiger partial charge in [-0.3, -0.25) is 0 Å². The zero-order chi connectivity index (χ0) is 8.91. The van der Waals surface area contributed by atoms with Gasteiger partial charge in [-0.15, -0.1) is 15.4 Å². The van der Waals surface area contributed by atoms with Crippen molar-refractivity contribution < 1.29 is 8.42 Å². The van der Waals surface area contributed by atoms with Gasteiger partial charge in [0.25, 0.3) is 0 Å². The fraction of sp³-hybridized carbons (Fsp3) is 1.00. The van der Waals surface area contributed by atoms with E-state index in [1.807, 2.05) is 6.92 Å². The van der Waals surface area contributed by atoms with E-state index in [9.17, 15) is 8.42 Å². The van der Waals surface area contributed by atoms with Crippen LogP contribution in [0.3, 0.4) is 0 Å². The normalized spacial score (nSPS) is 12.4. The highest BCUT2D eigenvalue weighted by Gasteiger charge is 2.17. The number of alkyl halides is 1. The van der Waals surface area contributed by atoms with Crippen LogP contribution in [-0.2, 0) is 10.0 Å². The third kappa shape index (κ3) is 4.15. The van der Waals surface area contributed by atoms with Gasteiger partial charge in [-0.25, -0.2) is 8.42 Å². The van der Waals surface area contributed by atoms with Crippen LogP contribution in [0.5, 0.6) is 0 Å². The summed E-state index contributed by atoms with van der Waals surface area (Å²) in [5.41, 5.74) is 0. The van der Waals surface area contributed by atoms with Gasteiger partial charge in [0, 0.05) is 12.4 Å². The van der Waals surface area contributed by atoms with Crippen molar-refractivity contribution in [1.82, 2.24) is 3.82 Å². The van der Waals surface area contributed by atoms with Crippen molar-refractivity contribution in [3.8, 4) is 0 Å². The summed E-state index contributed by atoms with van der Waals surface area (Å²) in [7, 11) is -3.31. The monoisotopic (exact) mass is 219 g/mol. The van der Waals surface area contributed by atoms with E-state index >= 15 is 0 Å². The molecule has 0 unspecified atom stereocenters. The molecule has 0 aromatic heterocycles. The molecule has 0 heterocycles. The van der Waals surface area contributed by atoms with Crippen molar-refractivity contribution in [3.05, 3.63) is 0 Å². The van der Waals surface area contributed by atoms with Crippen LogP contribution in [0.2, 0.25) is 0 Å². The first-order chi connectivity index (χ1) is 5.04. The average molecular weight is 220 g/mol. The minimum atomic E-state index is -3.31. The van der Waals surface area contributed by atoms with Gasteiger partial charge in [0.1, 0.15) is 0 Å². The molecular weight excluding hydrogens is 209 g/mol. The zero-order valence-corrected chi connectivity index (χ0v) is 8.58. The van der Waals surface area contributed by atoms with Gasteiger partial charge < -0.3 is 0 Å². The third-order valence-electron chi connectivity index (χ3n) is 1.04. The van der Waals surface area contributed by atoms with Gasteiger partial charge in [0.05, 0.1) is 5.75 Å². The second kappa shape index (κ2) is 5.19. The van der Waals surface area contributed by atoms with Crippen LogP contribution in [0, 0.1) is 0 Å². The Hall–Kier alpha value is 0.490. The number of rotatable bonds is 5. The highest BCUT2D eigenvalue weighted by Crippen LogP contribution is 2.06. The minimum Gasteiger partial charge on any atom is -0.211 e. The predicted octanol–water partition coefficient (Wildman–Crippen LogP) is 1.42. The van der Waals surface area contributed by atoms with Gasteiger partial charge in [0.2, 0.25) is 10.0 Å². The Kier molecular flexibility index (Phi) is 5.42. The summed E-state index contributed by atoms with van der Waals surface area (Å²) in [6.07, 6.45) is 0.699. The molecule has 0 amide bonds. The molecule has 68 valence electrons. The summed E-state index contributed by atoms with van der Waals surface area (Å²) in [6.45, 7) is 2.19. The minimum absolute atomic E-state index is 0.0786. The van der Waals surface area contributed by atoms with Gasteiger partial charge in [-0.1, -0.05) is 6.92 Å². The first-order valence-corrected chi connectivity index (χ1v) is 5.75. The summed E-state index contributed by atoms with van der Waals surface area (Å²) in [6, 6.07) is 0. The van der Waals surface area contributed by atoms with Crippen LogP contribution in [0.1, 0.15) is 13.3 Å². The zero-order valence-electron chi connectivity index (χ0n) is 6.26. The Morgan fingerprint density at radius 1 is 1.45 bits per heavy atom. The molecule has 0 saturated heterocycles.